The van der Waals surface area contributed by atoms with E-state index in [0.29, 0.717) is 43.6 Å². The van der Waals surface area contributed by atoms with E-state index in [9.17, 15) is 52.7 Å². The van der Waals surface area contributed by atoms with E-state index in [2.05, 4.69) is 0 Å². The van der Waals surface area contributed by atoms with Crippen molar-refractivity contribution in [3.63, 3.8) is 0 Å². The molecule has 0 aromatic heterocycles. The molecule has 0 bridgehead atoms. The first kappa shape index (κ1) is 62.3. The van der Waals surface area contributed by atoms with Gasteiger partial charge in [-0.05, 0) is 47.3 Å². The van der Waals surface area contributed by atoms with Gasteiger partial charge in [0.15, 0.2) is 52.4 Å². The molecule has 0 aliphatic carbocycles. The second-order valence-corrected chi connectivity index (χ2v) is 13.8. The minimum absolute atomic E-state index is 0.179. The predicted octanol–water partition coefficient (Wildman–Crippen LogP) is -0.172. The average molecular weight is 1050 g/mol. The lowest BCUT2D eigenvalue weighted by Crippen LogP contribution is -2.38. The Morgan fingerprint density at radius 1 is 0.304 bits per heavy atom. The molecule has 0 radical (unpaired) electrons. The average Bonchev–Trinajstić information content (AvgIpc) is 3.26. The summed E-state index contributed by atoms with van der Waals surface area (Å²) in [6, 6.07) is 20.3. The number of hydrogen-bond donors (Lipinski definition) is 12. The van der Waals surface area contributed by atoms with E-state index in [1.54, 1.807) is 66.7 Å². The van der Waals surface area contributed by atoms with Crippen molar-refractivity contribution in [2.75, 3.05) is 0 Å². The van der Waals surface area contributed by atoms with Crippen LogP contribution in [0.3, 0.4) is 0 Å². The standard InChI is InChI=1S/3C6H6BClO2.C6H2BF5O2.C6H3BF4O2.C6H4BF3O2/c8-6-3-1-5(2-4-6)7(9)10;8-6-3-1-2-5(4-6)7(9)10;8-6-4-2-1-3-5(6)7(9)10;8-2-1(7(13)14)3(9)5(11)6(12)4(2)10;8-3-1-2(7(12)13)4(9)6(11)5(3)10;8-3-1-4(9)6(7(11)12)5(10)2-3/h3*1-4,9-10H;13-14H;1,12-13H;1-2,11-12H. The molecule has 12 nitrogen and oxygen atoms in total. The van der Waals surface area contributed by atoms with Crippen molar-refractivity contribution in [3.05, 3.63) is 176 Å². The molecule has 6 rings (SSSR count). The van der Waals surface area contributed by atoms with E-state index in [1.807, 2.05) is 0 Å². The SMILES string of the molecule is OB(O)c1c(F)c(F)c(F)c(F)c1F.OB(O)c1c(F)cc(F)cc1F.OB(O)c1cc(F)c(F)c(F)c1F.OB(O)c1ccc(Cl)cc1.OB(O)c1cccc(Cl)c1.OB(O)c1ccccc1Cl. The van der Waals surface area contributed by atoms with Crippen molar-refractivity contribution >= 4 is 110 Å². The van der Waals surface area contributed by atoms with E-state index in [-0.39, 0.29) is 6.07 Å². The Labute approximate surface area is 398 Å². The fourth-order valence-corrected chi connectivity index (χ4v) is 4.97. The Balaban J connectivity index is 0.000000416. The minimum atomic E-state index is -2.76. The summed E-state index contributed by atoms with van der Waals surface area (Å²) in [4.78, 5) is 0. The van der Waals surface area contributed by atoms with Crippen LogP contribution in [0.1, 0.15) is 0 Å². The smallest absolute Gasteiger partial charge is 0.423 e. The largest absolute Gasteiger partial charge is 0.494 e. The molecule has 0 aliphatic heterocycles. The van der Waals surface area contributed by atoms with Crippen LogP contribution >= 0.6 is 34.8 Å². The Kier molecular flexibility index (Phi) is 26.6. The van der Waals surface area contributed by atoms with Gasteiger partial charge in [-0.2, -0.15) is 0 Å². The Morgan fingerprint density at radius 2 is 0.739 bits per heavy atom. The van der Waals surface area contributed by atoms with Crippen molar-refractivity contribution in [3.8, 4) is 0 Å². The van der Waals surface area contributed by atoms with E-state index >= 15 is 0 Å². The molecule has 0 amide bonds. The molecule has 0 fully saturated rings. The van der Waals surface area contributed by atoms with Gasteiger partial charge in [0.05, 0.1) is 10.9 Å². The van der Waals surface area contributed by atoms with Crippen molar-refractivity contribution in [2.45, 2.75) is 0 Å². The molecule has 6 aromatic carbocycles. The zero-order valence-corrected chi connectivity index (χ0v) is 35.9. The third-order valence-corrected chi connectivity index (χ3v) is 8.54. The van der Waals surface area contributed by atoms with Crippen LogP contribution in [0.25, 0.3) is 0 Å². The Morgan fingerprint density at radius 3 is 1.12 bits per heavy atom. The Hall–Kier alpha value is -4.74. The highest BCUT2D eigenvalue weighted by Crippen LogP contribution is 2.16. The summed E-state index contributed by atoms with van der Waals surface area (Å²) in [7, 11) is -11.7. The molecular formula is C36H27B6Cl3F12O12. The summed E-state index contributed by atoms with van der Waals surface area (Å²) in [5.74, 6) is -22.6. The van der Waals surface area contributed by atoms with Gasteiger partial charge in [-0.1, -0.05) is 77.3 Å². The molecule has 69 heavy (non-hydrogen) atoms. The molecular weight excluding hydrogens is 1020 g/mol. The summed E-state index contributed by atoms with van der Waals surface area (Å²) in [6.45, 7) is 0. The zero-order valence-electron chi connectivity index (χ0n) is 33.7. The third-order valence-electron chi connectivity index (χ3n) is 7.71. The van der Waals surface area contributed by atoms with E-state index in [0.717, 1.165) is 0 Å². The number of hydrogen-bond acceptors (Lipinski definition) is 12. The van der Waals surface area contributed by atoms with Crippen molar-refractivity contribution < 1.29 is 113 Å². The van der Waals surface area contributed by atoms with Crippen molar-refractivity contribution in [1.82, 2.24) is 0 Å². The van der Waals surface area contributed by atoms with Crippen LogP contribution in [-0.2, 0) is 0 Å². The molecule has 0 saturated carbocycles. The quantitative estimate of drug-likeness (QED) is 0.0451. The van der Waals surface area contributed by atoms with Crippen LogP contribution in [0.2, 0.25) is 15.1 Å². The van der Waals surface area contributed by atoms with Gasteiger partial charge in [-0.25, -0.2) is 52.7 Å². The molecule has 366 valence electrons. The van der Waals surface area contributed by atoms with E-state index in [4.69, 9.17) is 95.1 Å². The summed E-state index contributed by atoms with van der Waals surface area (Å²) in [5, 5.41) is 104. The van der Waals surface area contributed by atoms with E-state index < -0.39 is 129 Å². The highest BCUT2D eigenvalue weighted by atomic mass is 35.5. The third kappa shape index (κ3) is 19.5. The lowest BCUT2D eigenvalue weighted by atomic mass is 9.79. The molecule has 33 heteroatoms. The Bertz CT molecular complexity index is 2550. The first-order valence-electron chi connectivity index (χ1n) is 17.9. The number of halogens is 15. The van der Waals surface area contributed by atoms with Crippen molar-refractivity contribution in [1.29, 1.82) is 0 Å². The summed E-state index contributed by atoms with van der Waals surface area (Å²) in [6.07, 6.45) is 0. The maximum Gasteiger partial charge on any atom is 0.494 e. The van der Waals surface area contributed by atoms with Gasteiger partial charge in [0.25, 0.3) is 0 Å². The van der Waals surface area contributed by atoms with Crippen molar-refractivity contribution in [2.24, 2.45) is 0 Å². The van der Waals surface area contributed by atoms with Gasteiger partial charge in [0, 0.05) is 38.1 Å². The van der Waals surface area contributed by atoms with Crippen LogP contribution in [0.5, 0.6) is 0 Å². The normalized spacial score (nSPS) is 9.96. The van der Waals surface area contributed by atoms with Crippen LogP contribution < -0.4 is 32.8 Å². The van der Waals surface area contributed by atoms with Gasteiger partial charge in [-0.15, -0.1) is 0 Å². The van der Waals surface area contributed by atoms with Gasteiger partial charge in [-0.3, -0.25) is 0 Å². The molecule has 0 heterocycles. The second-order valence-electron chi connectivity index (χ2n) is 12.5. The zero-order chi connectivity index (χ0) is 53.2. The highest BCUT2D eigenvalue weighted by molar-refractivity contribution is 6.63. The van der Waals surface area contributed by atoms with Gasteiger partial charge in [0.1, 0.15) is 17.5 Å². The van der Waals surface area contributed by atoms with Crippen LogP contribution in [0.4, 0.5) is 52.7 Å². The minimum Gasteiger partial charge on any atom is -0.423 e. The molecule has 0 saturated heterocycles. The fourth-order valence-electron chi connectivity index (χ4n) is 4.41. The lowest BCUT2D eigenvalue weighted by Gasteiger charge is -2.06. The molecule has 6 aromatic rings. The molecule has 0 unspecified atom stereocenters. The molecule has 0 spiro atoms. The highest BCUT2D eigenvalue weighted by Gasteiger charge is 2.32. The molecule has 0 aliphatic rings. The van der Waals surface area contributed by atoms with Crippen LogP contribution in [0.15, 0.2) is 91.0 Å². The maximum atomic E-state index is 12.6. The second kappa shape index (κ2) is 29.4. The lowest BCUT2D eigenvalue weighted by molar-refractivity contribution is 0.373. The van der Waals surface area contributed by atoms with Gasteiger partial charge < -0.3 is 60.3 Å². The topological polar surface area (TPSA) is 243 Å². The number of benzene rings is 6. The summed E-state index contributed by atoms with van der Waals surface area (Å²) < 4.78 is 149. The predicted molar refractivity (Wildman–Crippen MR) is 232 cm³/mol. The summed E-state index contributed by atoms with van der Waals surface area (Å²) >= 11 is 16.7. The van der Waals surface area contributed by atoms with Gasteiger partial charge in [0.2, 0.25) is 0 Å². The van der Waals surface area contributed by atoms with Gasteiger partial charge >= 0.3 is 42.7 Å². The fraction of sp³-hybridized carbons (Fsp3) is 0. The maximum absolute atomic E-state index is 12.6. The van der Waals surface area contributed by atoms with Crippen LogP contribution in [0, 0.1) is 69.8 Å². The van der Waals surface area contributed by atoms with E-state index in [1.165, 1.54) is 6.07 Å². The molecule has 12 N–H and O–H groups in total. The monoisotopic (exact) mass is 1050 g/mol. The molecule has 0 atom stereocenters. The number of rotatable bonds is 6. The first-order chi connectivity index (χ1) is 32.0. The first-order valence-corrected chi connectivity index (χ1v) is 19.0. The van der Waals surface area contributed by atoms with Crippen LogP contribution in [-0.4, -0.2) is 103 Å². The summed E-state index contributed by atoms with van der Waals surface area (Å²) in [5.41, 5.74) is -2.46.